The van der Waals surface area contributed by atoms with Crippen LogP contribution in [0.2, 0.25) is 0 Å². The summed E-state index contributed by atoms with van der Waals surface area (Å²) in [5, 5.41) is 10.8. The largest absolute Gasteiger partial charge is 0.390 e. The van der Waals surface area contributed by atoms with Crippen molar-refractivity contribution in [3.8, 4) is 0 Å². The van der Waals surface area contributed by atoms with Crippen LogP contribution in [0, 0.1) is 11.8 Å². The lowest BCUT2D eigenvalue weighted by Gasteiger charge is -2.35. The van der Waals surface area contributed by atoms with Crippen LogP contribution in [0.25, 0.3) is 0 Å². The van der Waals surface area contributed by atoms with Crippen molar-refractivity contribution in [2.75, 3.05) is 0 Å². The summed E-state index contributed by atoms with van der Waals surface area (Å²) >= 11 is 0. The molecule has 2 aliphatic rings. The van der Waals surface area contributed by atoms with Gasteiger partial charge in [-0.2, -0.15) is 0 Å². The van der Waals surface area contributed by atoms with Crippen molar-refractivity contribution >= 4 is 0 Å². The number of rotatable bonds is 2. The molecule has 0 bridgehead atoms. The van der Waals surface area contributed by atoms with Crippen molar-refractivity contribution in [3.63, 3.8) is 0 Å². The Hall–Kier alpha value is -0.820. The second kappa shape index (κ2) is 4.13. The van der Waals surface area contributed by atoms with Crippen LogP contribution in [0.15, 0.2) is 30.3 Å². The Morgan fingerprint density at radius 3 is 2.41 bits per heavy atom. The molecule has 1 N–H and O–H groups in total. The van der Waals surface area contributed by atoms with Crippen LogP contribution < -0.4 is 0 Å². The zero-order valence-electron chi connectivity index (χ0n) is 10.6. The summed E-state index contributed by atoms with van der Waals surface area (Å²) in [4.78, 5) is 0. The molecule has 2 atom stereocenters. The minimum atomic E-state index is -0.354. The van der Waals surface area contributed by atoms with E-state index >= 15 is 0 Å². The fourth-order valence-electron chi connectivity index (χ4n) is 3.49. The minimum Gasteiger partial charge on any atom is -0.390 e. The first-order valence-electron chi connectivity index (χ1n) is 6.96. The second-order valence-electron chi connectivity index (χ2n) is 6.15. The highest BCUT2D eigenvalue weighted by Gasteiger charge is 2.52. The normalized spacial score (nSPS) is 41.2. The van der Waals surface area contributed by atoms with Gasteiger partial charge in [-0.15, -0.1) is 0 Å². The van der Waals surface area contributed by atoms with Crippen LogP contribution in [0.5, 0.6) is 0 Å². The Morgan fingerprint density at radius 2 is 1.76 bits per heavy atom. The number of hydrogen-bond acceptors (Lipinski definition) is 1. The maximum atomic E-state index is 10.8. The van der Waals surface area contributed by atoms with Crippen LogP contribution in [0.1, 0.15) is 50.5 Å². The van der Waals surface area contributed by atoms with E-state index in [1.807, 2.05) is 0 Å². The van der Waals surface area contributed by atoms with Crippen LogP contribution in [0.3, 0.4) is 0 Å². The van der Waals surface area contributed by atoms with Crippen LogP contribution in [-0.4, -0.2) is 10.7 Å². The van der Waals surface area contributed by atoms with Crippen molar-refractivity contribution in [3.05, 3.63) is 35.9 Å². The molecule has 0 radical (unpaired) electrons. The molecule has 1 nitrogen and oxygen atoms in total. The molecule has 0 heterocycles. The van der Waals surface area contributed by atoms with Gasteiger partial charge in [-0.1, -0.05) is 37.3 Å². The fourth-order valence-corrected chi connectivity index (χ4v) is 3.49. The average Bonchev–Trinajstić information content (AvgIpc) is 3.15. The Kier molecular flexibility index (Phi) is 2.74. The van der Waals surface area contributed by atoms with Crippen molar-refractivity contribution < 1.29 is 5.11 Å². The lowest BCUT2D eigenvalue weighted by Crippen LogP contribution is -2.36. The van der Waals surface area contributed by atoms with Crippen molar-refractivity contribution in [1.29, 1.82) is 0 Å². The molecule has 0 aliphatic heterocycles. The molecule has 2 fully saturated rings. The fraction of sp³-hybridized carbons (Fsp3) is 0.625. The van der Waals surface area contributed by atoms with Crippen LogP contribution >= 0.6 is 0 Å². The molecule has 0 spiro atoms. The number of benzene rings is 1. The number of hydrogen-bond donors (Lipinski definition) is 1. The lowest BCUT2D eigenvalue weighted by molar-refractivity contribution is -0.0286. The molecule has 1 heteroatoms. The molecule has 1 aromatic carbocycles. The molecule has 17 heavy (non-hydrogen) atoms. The summed E-state index contributed by atoms with van der Waals surface area (Å²) < 4.78 is 0. The first kappa shape index (κ1) is 11.3. The molecule has 3 rings (SSSR count). The predicted octanol–water partition coefficient (Wildman–Crippen LogP) is 3.73. The maximum absolute atomic E-state index is 10.8. The van der Waals surface area contributed by atoms with E-state index in [4.69, 9.17) is 0 Å². The summed E-state index contributed by atoms with van der Waals surface area (Å²) in [6.07, 6.45) is 5.63. The van der Waals surface area contributed by atoms with Gasteiger partial charge < -0.3 is 5.11 Å². The smallest absolute Gasteiger partial charge is 0.0682 e. The van der Waals surface area contributed by atoms with Gasteiger partial charge in [0.25, 0.3) is 0 Å². The van der Waals surface area contributed by atoms with E-state index in [1.54, 1.807) is 0 Å². The summed E-state index contributed by atoms with van der Waals surface area (Å²) in [6, 6.07) is 10.7. The molecular weight excluding hydrogens is 208 g/mol. The van der Waals surface area contributed by atoms with Gasteiger partial charge in [0.05, 0.1) is 5.60 Å². The van der Waals surface area contributed by atoms with E-state index in [1.165, 1.54) is 24.8 Å². The third-order valence-corrected chi connectivity index (χ3v) is 4.85. The highest BCUT2D eigenvalue weighted by atomic mass is 16.3. The number of aliphatic hydroxyl groups is 1. The highest BCUT2D eigenvalue weighted by Crippen LogP contribution is 2.57. The average molecular weight is 230 g/mol. The van der Waals surface area contributed by atoms with Gasteiger partial charge in [-0.05, 0) is 55.4 Å². The summed E-state index contributed by atoms with van der Waals surface area (Å²) in [6.45, 7) is 2.31. The maximum Gasteiger partial charge on any atom is 0.0682 e. The molecule has 0 aromatic heterocycles. The third kappa shape index (κ3) is 2.13. The van der Waals surface area contributed by atoms with Crippen molar-refractivity contribution in [2.45, 2.75) is 50.5 Å². The highest BCUT2D eigenvalue weighted by molar-refractivity contribution is 5.27. The van der Waals surface area contributed by atoms with Gasteiger partial charge in [0.15, 0.2) is 0 Å². The SMILES string of the molecule is CC1CCC(O)(C2CC2c2ccccc2)CC1. The molecule has 2 unspecified atom stereocenters. The first-order valence-corrected chi connectivity index (χ1v) is 6.96. The Labute approximate surface area is 104 Å². The molecule has 2 aliphatic carbocycles. The quantitative estimate of drug-likeness (QED) is 0.820. The molecule has 1 aromatic rings. The summed E-state index contributed by atoms with van der Waals surface area (Å²) in [7, 11) is 0. The van der Waals surface area contributed by atoms with Gasteiger partial charge in [0.2, 0.25) is 0 Å². The van der Waals surface area contributed by atoms with Gasteiger partial charge in [0.1, 0.15) is 0 Å². The van der Waals surface area contributed by atoms with E-state index < -0.39 is 0 Å². The topological polar surface area (TPSA) is 20.2 Å². The predicted molar refractivity (Wildman–Crippen MR) is 69.9 cm³/mol. The Bertz CT molecular complexity index is 376. The van der Waals surface area contributed by atoms with Gasteiger partial charge in [-0.3, -0.25) is 0 Å². The molecule has 2 saturated carbocycles. The van der Waals surface area contributed by atoms with E-state index in [-0.39, 0.29) is 5.60 Å². The minimum absolute atomic E-state index is 0.354. The standard InChI is InChI=1S/C16H22O/c1-12-7-9-16(17,10-8-12)15-11-14(15)13-5-3-2-4-6-13/h2-6,12,14-15,17H,7-11H2,1H3. The summed E-state index contributed by atoms with van der Waals surface area (Å²) in [5.74, 6) is 1.95. The van der Waals surface area contributed by atoms with Crippen molar-refractivity contribution in [2.24, 2.45) is 11.8 Å². The summed E-state index contributed by atoms with van der Waals surface area (Å²) in [5.41, 5.74) is 1.07. The second-order valence-corrected chi connectivity index (χ2v) is 6.15. The first-order chi connectivity index (χ1) is 8.19. The van der Waals surface area contributed by atoms with E-state index in [2.05, 4.69) is 37.3 Å². The van der Waals surface area contributed by atoms with Gasteiger partial charge in [0, 0.05) is 0 Å². The monoisotopic (exact) mass is 230 g/mol. The zero-order valence-corrected chi connectivity index (χ0v) is 10.6. The van der Waals surface area contributed by atoms with Crippen molar-refractivity contribution in [1.82, 2.24) is 0 Å². The Balaban J connectivity index is 1.68. The Morgan fingerprint density at radius 1 is 1.12 bits per heavy atom. The van der Waals surface area contributed by atoms with Gasteiger partial charge >= 0.3 is 0 Å². The van der Waals surface area contributed by atoms with Crippen LogP contribution in [0.4, 0.5) is 0 Å². The van der Waals surface area contributed by atoms with E-state index in [0.29, 0.717) is 11.8 Å². The lowest BCUT2D eigenvalue weighted by atomic mass is 9.76. The molecule has 0 amide bonds. The van der Waals surface area contributed by atoms with Gasteiger partial charge in [-0.25, -0.2) is 0 Å². The zero-order chi connectivity index (χ0) is 11.9. The molecular formula is C16H22O. The third-order valence-electron chi connectivity index (χ3n) is 4.85. The van der Waals surface area contributed by atoms with Crippen LogP contribution in [-0.2, 0) is 0 Å². The van der Waals surface area contributed by atoms with E-state index in [0.717, 1.165) is 18.8 Å². The molecule has 92 valence electrons. The molecule has 0 saturated heterocycles. The van der Waals surface area contributed by atoms with E-state index in [9.17, 15) is 5.11 Å².